The summed E-state index contributed by atoms with van der Waals surface area (Å²) in [6.45, 7) is -0.358. The number of benzene rings is 2. The first-order valence-corrected chi connectivity index (χ1v) is 12.0. The average Bonchev–Trinajstić information content (AvgIpc) is 3.47. The van der Waals surface area contributed by atoms with Gasteiger partial charge < -0.3 is 9.47 Å². The Kier molecular flexibility index (Phi) is 5.15. The van der Waals surface area contributed by atoms with E-state index in [4.69, 9.17) is 14.7 Å². The van der Waals surface area contributed by atoms with Crippen LogP contribution in [0.25, 0.3) is 0 Å². The van der Waals surface area contributed by atoms with Crippen molar-refractivity contribution in [2.45, 2.75) is 42.6 Å². The van der Waals surface area contributed by atoms with Gasteiger partial charge in [0, 0.05) is 12.5 Å². The lowest BCUT2D eigenvalue weighted by Crippen LogP contribution is -2.57. The third kappa shape index (κ3) is 3.12. The van der Waals surface area contributed by atoms with Crippen molar-refractivity contribution >= 4 is 21.7 Å². The molecule has 0 aliphatic carbocycles. The molecule has 0 unspecified atom stereocenters. The minimum absolute atomic E-state index is 0.143. The maximum Gasteiger partial charge on any atom is 0.417 e. The normalized spacial score (nSPS) is 29.0. The number of hydrogen-bond acceptors (Lipinski definition) is 6. The minimum atomic E-state index is -4.85. The number of fused-ring (bicyclic) bond motifs is 5. The van der Waals surface area contributed by atoms with Gasteiger partial charge in [0.2, 0.25) is 4.75 Å². The molecule has 0 radical (unpaired) electrons. The summed E-state index contributed by atoms with van der Waals surface area (Å²) in [7, 11) is -4.51. The molecular weight excluding hydrogens is 473 g/mol. The predicted octanol–water partition coefficient (Wildman–Crippen LogP) is 3.39. The molecule has 0 amide bonds. The van der Waals surface area contributed by atoms with E-state index in [-0.39, 0.29) is 18.8 Å². The summed E-state index contributed by atoms with van der Waals surface area (Å²) in [4.78, 5) is 13.4. The number of hydrogen-bond donors (Lipinski definition) is 0. The Balaban J connectivity index is 1.54. The van der Waals surface area contributed by atoms with Crippen LogP contribution in [0.3, 0.4) is 0 Å². The van der Waals surface area contributed by atoms with Gasteiger partial charge in [0.25, 0.3) is 10.0 Å². The highest BCUT2D eigenvalue weighted by Crippen LogP contribution is 2.57. The van der Waals surface area contributed by atoms with Gasteiger partial charge in [-0.1, -0.05) is 30.3 Å². The molecule has 4 atom stereocenters. The van der Waals surface area contributed by atoms with E-state index in [1.807, 2.05) is 0 Å². The molecule has 0 N–H and O–H groups in total. The van der Waals surface area contributed by atoms with Crippen molar-refractivity contribution < 1.29 is 35.9 Å². The molecule has 5 rings (SSSR count). The number of carbonyl (C=O) groups excluding carboxylic acids is 1. The minimum Gasteiger partial charge on any atom is -0.460 e. The highest BCUT2D eigenvalue weighted by atomic mass is 32.2. The molecular formula is C23H19F3N2O5S. The van der Waals surface area contributed by atoms with Crippen LogP contribution in [0, 0.1) is 17.2 Å². The van der Waals surface area contributed by atoms with Gasteiger partial charge in [-0.25, -0.2) is 8.42 Å². The lowest BCUT2D eigenvalue weighted by Gasteiger charge is -2.32. The SMILES string of the molecule is N#Cc1ccc(N2C[C@@H]3[C@@H]4CC[C@@H](O4)[C@]3(C(=O)OCc3ccccc3)S2(=O)=O)cc1C(F)(F)F. The molecule has 34 heavy (non-hydrogen) atoms. The summed E-state index contributed by atoms with van der Waals surface area (Å²) in [6, 6.07) is 13.0. The number of alkyl halides is 3. The summed E-state index contributed by atoms with van der Waals surface area (Å²) in [5, 5.41) is 9.06. The third-order valence-electron chi connectivity index (χ3n) is 6.86. The van der Waals surface area contributed by atoms with Crippen molar-refractivity contribution in [1.82, 2.24) is 0 Å². The molecule has 0 aromatic heterocycles. The monoisotopic (exact) mass is 492 g/mol. The van der Waals surface area contributed by atoms with Gasteiger partial charge in [0.15, 0.2) is 0 Å². The zero-order chi connectivity index (χ0) is 24.3. The van der Waals surface area contributed by atoms with Crippen molar-refractivity contribution in [3.63, 3.8) is 0 Å². The first-order chi connectivity index (χ1) is 16.1. The molecule has 3 heterocycles. The lowest BCUT2D eigenvalue weighted by atomic mass is 9.78. The van der Waals surface area contributed by atoms with Crippen LogP contribution in [0.5, 0.6) is 0 Å². The zero-order valence-corrected chi connectivity index (χ0v) is 18.5. The van der Waals surface area contributed by atoms with Crippen molar-refractivity contribution in [3.8, 4) is 6.07 Å². The molecule has 3 aliphatic heterocycles. The summed E-state index contributed by atoms with van der Waals surface area (Å²) in [5.74, 6) is -1.75. The Hall–Kier alpha value is -3.10. The largest absolute Gasteiger partial charge is 0.460 e. The van der Waals surface area contributed by atoms with Crippen LogP contribution in [-0.4, -0.2) is 37.9 Å². The van der Waals surface area contributed by atoms with Crippen LogP contribution < -0.4 is 4.31 Å². The maximum atomic E-state index is 13.9. The van der Waals surface area contributed by atoms with Crippen LogP contribution in [0.4, 0.5) is 18.9 Å². The number of rotatable bonds is 4. The summed E-state index contributed by atoms with van der Waals surface area (Å²) >= 11 is 0. The van der Waals surface area contributed by atoms with Gasteiger partial charge in [-0.15, -0.1) is 0 Å². The van der Waals surface area contributed by atoms with Crippen molar-refractivity contribution in [1.29, 1.82) is 5.26 Å². The van der Waals surface area contributed by atoms with Crippen LogP contribution in [0.15, 0.2) is 48.5 Å². The van der Waals surface area contributed by atoms with E-state index in [2.05, 4.69) is 0 Å². The molecule has 7 nitrogen and oxygen atoms in total. The van der Waals surface area contributed by atoms with Gasteiger partial charge in [-0.3, -0.25) is 9.10 Å². The van der Waals surface area contributed by atoms with Crippen molar-refractivity contribution in [3.05, 3.63) is 65.2 Å². The highest BCUT2D eigenvalue weighted by Gasteiger charge is 2.77. The number of sulfonamides is 1. The van der Waals surface area contributed by atoms with Crippen molar-refractivity contribution in [2.75, 3.05) is 10.8 Å². The van der Waals surface area contributed by atoms with E-state index in [0.29, 0.717) is 24.5 Å². The number of ether oxygens (including phenoxy) is 2. The number of nitrogens with zero attached hydrogens (tertiary/aromatic N) is 2. The first-order valence-electron chi connectivity index (χ1n) is 10.6. The van der Waals surface area contributed by atoms with Gasteiger partial charge >= 0.3 is 12.1 Å². The summed E-state index contributed by atoms with van der Waals surface area (Å²) < 4.78 is 78.3. The van der Waals surface area contributed by atoms with E-state index < -0.39 is 56.2 Å². The third-order valence-corrected chi connectivity index (χ3v) is 9.38. The molecule has 0 saturated carbocycles. The Labute approximate surface area is 193 Å². The topological polar surface area (TPSA) is 96.7 Å². The quantitative estimate of drug-likeness (QED) is 0.607. The molecule has 3 aliphatic rings. The van der Waals surface area contributed by atoms with Gasteiger partial charge in [0.1, 0.15) is 6.61 Å². The number of anilines is 1. The maximum absolute atomic E-state index is 13.9. The molecule has 2 aromatic carbocycles. The van der Waals surface area contributed by atoms with Gasteiger partial charge in [-0.05, 0) is 36.6 Å². The van der Waals surface area contributed by atoms with E-state index in [1.165, 1.54) is 6.07 Å². The van der Waals surface area contributed by atoms with Crippen LogP contribution in [-0.2, 0) is 37.1 Å². The van der Waals surface area contributed by atoms with Crippen LogP contribution >= 0.6 is 0 Å². The first kappa shape index (κ1) is 22.7. The molecule has 3 saturated heterocycles. The highest BCUT2D eigenvalue weighted by molar-refractivity contribution is 7.95. The fraction of sp³-hybridized carbons (Fsp3) is 0.391. The lowest BCUT2D eigenvalue weighted by molar-refractivity contribution is -0.150. The molecule has 178 valence electrons. The molecule has 11 heteroatoms. The summed E-state index contributed by atoms with van der Waals surface area (Å²) in [5.41, 5.74) is -1.44. The van der Waals surface area contributed by atoms with E-state index >= 15 is 0 Å². The van der Waals surface area contributed by atoms with Crippen LogP contribution in [0.2, 0.25) is 0 Å². The Bertz CT molecular complexity index is 1290. The smallest absolute Gasteiger partial charge is 0.417 e. The average molecular weight is 492 g/mol. The Morgan fingerprint density at radius 1 is 1.21 bits per heavy atom. The van der Waals surface area contributed by atoms with Gasteiger partial charge in [-0.2, -0.15) is 18.4 Å². The molecule has 2 bridgehead atoms. The Morgan fingerprint density at radius 3 is 2.62 bits per heavy atom. The zero-order valence-electron chi connectivity index (χ0n) is 17.7. The Morgan fingerprint density at radius 2 is 1.94 bits per heavy atom. The van der Waals surface area contributed by atoms with E-state index in [0.717, 1.165) is 16.4 Å². The van der Waals surface area contributed by atoms with Crippen LogP contribution in [0.1, 0.15) is 29.5 Å². The fourth-order valence-corrected chi connectivity index (χ4v) is 7.84. The van der Waals surface area contributed by atoms with E-state index in [9.17, 15) is 26.4 Å². The van der Waals surface area contributed by atoms with E-state index in [1.54, 1.807) is 30.3 Å². The number of nitriles is 1. The van der Waals surface area contributed by atoms with Gasteiger partial charge in [0.05, 0.1) is 35.1 Å². The number of esters is 1. The second kappa shape index (κ2) is 7.71. The number of carbonyl (C=O) groups is 1. The van der Waals surface area contributed by atoms with Crippen molar-refractivity contribution in [2.24, 2.45) is 5.92 Å². The number of halogens is 3. The molecule has 2 aromatic rings. The molecule has 0 spiro atoms. The summed E-state index contributed by atoms with van der Waals surface area (Å²) in [6.07, 6.45) is -5.44. The molecule has 3 fully saturated rings. The fourth-order valence-electron chi connectivity index (χ4n) is 5.35. The predicted molar refractivity (Wildman–Crippen MR) is 113 cm³/mol. The standard InChI is InChI=1S/C23H19F3N2O5S/c24-23(25,26)17-10-16(7-6-15(17)11-27)28-12-18-19-8-9-20(33-19)22(18,34(28,30)31)21(29)32-13-14-4-2-1-3-5-14/h1-7,10,18-20H,8-9,12-13H2/t18-,19+,20-,22-/m1/s1. The second-order valence-corrected chi connectivity index (χ2v) is 10.6. The second-order valence-electron chi connectivity index (χ2n) is 8.58.